The van der Waals surface area contributed by atoms with Crippen LogP contribution in [-0.4, -0.2) is 66.0 Å². The van der Waals surface area contributed by atoms with Crippen LogP contribution in [0.3, 0.4) is 0 Å². The number of halogens is 1. The first-order chi connectivity index (χ1) is 21.6. The Morgan fingerprint density at radius 2 is 1.91 bits per heavy atom. The fourth-order valence-electron chi connectivity index (χ4n) is 5.40. The molecule has 0 saturated carbocycles. The molecular weight excluding hydrogens is 628 g/mol. The number of nitrogens with one attached hydrogen (secondary N) is 2. The SMILES string of the molecule is C=S(=O)(c1cnc(-c2cc3cnc(Nc4ccc(N(C)C5CCNCC5)cc4)nc3n(Cc3nccs3)c2=O)c(Cl)c1)C(C)C. The molecule has 0 aliphatic carbocycles. The minimum atomic E-state index is -2.60. The molecule has 1 aliphatic rings. The minimum absolute atomic E-state index is 0.198. The highest BCUT2D eigenvalue weighted by Crippen LogP contribution is 2.30. The van der Waals surface area contributed by atoms with Crippen LogP contribution in [0.1, 0.15) is 31.7 Å². The van der Waals surface area contributed by atoms with Crippen LogP contribution in [0.2, 0.25) is 5.02 Å². The van der Waals surface area contributed by atoms with Crippen LogP contribution in [0, 0.1) is 0 Å². The third kappa shape index (κ3) is 6.46. The Morgan fingerprint density at radius 3 is 2.58 bits per heavy atom. The van der Waals surface area contributed by atoms with Crippen molar-refractivity contribution in [3.63, 3.8) is 0 Å². The van der Waals surface area contributed by atoms with Gasteiger partial charge >= 0.3 is 0 Å². The van der Waals surface area contributed by atoms with Gasteiger partial charge in [-0.2, -0.15) is 4.98 Å². The summed E-state index contributed by atoms with van der Waals surface area (Å²) in [5.41, 5.74) is 2.69. The van der Waals surface area contributed by atoms with Crippen molar-refractivity contribution in [1.82, 2.24) is 29.8 Å². The molecule has 5 aromatic rings. The van der Waals surface area contributed by atoms with E-state index in [-0.39, 0.29) is 33.6 Å². The van der Waals surface area contributed by atoms with E-state index in [0.29, 0.717) is 27.9 Å². The molecule has 13 heteroatoms. The second-order valence-electron chi connectivity index (χ2n) is 11.4. The van der Waals surface area contributed by atoms with E-state index in [1.807, 2.05) is 31.4 Å². The second-order valence-corrected chi connectivity index (χ2v) is 15.6. The first kappa shape index (κ1) is 31.2. The maximum absolute atomic E-state index is 14.0. The van der Waals surface area contributed by atoms with Gasteiger partial charge in [0.15, 0.2) is 0 Å². The van der Waals surface area contributed by atoms with Gasteiger partial charge in [0.25, 0.3) is 5.56 Å². The van der Waals surface area contributed by atoms with Gasteiger partial charge in [0.1, 0.15) is 10.7 Å². The van der Waals surface area contributed by atoms with Crippen molar-refractivity contribution in [1.29, 1.82) is 0 Å². The Morgan fingerprint density at radius 1 is 1.16 bits per heavy atom. The van der Waals surface area contributed by atoms with Gasteiger partial charge in [0.2, 0.25) is 5.95 Å². The lowest BCUT2D eigenvalue weighted by Gasteiger charge is -2.33. The lowest BCUT2D eigenvalue weighted by molar-refractivity contribution is 0.443. The zero-order valence-electron chi connectivity index (χ0n) is 25.4. The molecule has 0 bridgehead atoms. The maximum atomic E-state index is 14.0. The van der Waals surface area contributed by atoms with E-state index in [1.165, 1.54) is 17.5 Å². The second kappa shape index (κ2) is 12.9. The third-order valence-electron chi connectivity index (χ3n) is 8.22. The Hall–Kier alpha value is -3.84. The number of fused-ring (bicyclic) bond motifs is 1. The van der Waals surface area contributed by atoms with Crippen molar-refractivity contribution in [3.8, 4) is 11.3 Å². The molecule has 6 rings (SSSR count). The van der Waals surface area contributed by atoms with Crippen LogP contribution in [0.25, 0.3) is 22.3 Å². The lowest BCUT2D eigenvalue weighted by Crippen LogP contribution is -2.41. The molecule has 0 spiro atoms. The molecule has 0 radical (unpaired) electrons. The van der Waals surface area contributed by atoms with Gasteiger partial charge in [0, 0.05) is 59.1 Å². The standard InChI is InChI=1S/C32H35ClN8O2S2/c1-20(2)45(4,43)25-16-27(33)29(36-18-25)26-15-21-17-37-32(39-30(21)41(31(26)42)19-28-35-13-14-44-28)38-22-5-7-23(8-6-22)40(3)24-9-11-34-12-10-24/h5-8,13-18,20,24,34H,4,9-12,19H2,1-3H3,(H,37,38,39). The van der Waals surface area contributed by atoms with Crippen molar-refractivity contribution < 1.29 is 4.21 Å². The van der Waals surface area contributed by atoms with E-state index in [4.69, 9.17) is 16.6 Å². The zero-order chi connectivity index (χ0) is 31.7. The number of hydrogen-bond acceptors (Lipinski definition) is 10. The average Bonchev–Trinajstić information content (AvgIpc) is 3.56. The smallest absolute Gasteiger partial charge is 0.262 e. The molecule has 1 saturated heterocycles. The van der Waals surface area contributed by atoms with Crippen molar-refractivity contribution in [2.24, 2.45) is 0 Å². The maximum Gasteiger partial charge on any atom is 0.262 e. The van der Waals surface area contributed by atoms with Crippen LogP contribution in [0.15, 0.2) is 70.1 Å². The summed E-state index contributed by atoms with van der Waals surface area (Å²) in [6.45, 7) is 5.97. The molecule has 10 nitrogen and oxygen atoms in total. The number of piperidine rings is 1. The predicted octanol–water partition coefficient (Wildman–Crippen LogP) is 5.43. The summed E-state index contributed by atoms with van der Waals surface area (Å²) in [4.78, 5) is 35.0. The number of benzene rings is 1. The van der Waals surface area contributed by atoms with E-state index in [2.05, 4.69) is 55.5 Å². The average molecular weight is 663 g/mol. The number of thiazole rings is 1. The Balaban J connectivity index is 1.35. The number of aromatic nitrogens is 5. The Bertz CT molecular complexity index is 1990. The van der Waals surface area contributed by atoms with Gasteiger partial charge in [-0.05, 0) is 77.7 Å². The van der Waals surface area contributed by atoms with Gasteiger partial charge < -0.3 is 15.5 Å². The van der Waals surface area contributed by atoms with Crippen LogP contribution in [0.4, 0.5) is 17.3 Å². The molecule has 5 heterocycles. The molecule has 1 aliphatic heterocycles. The van der Waals surface area contributed by atoms with Crippen molar-refractivity contribution >= 4 is 66.7 Å². The molecule has 4 aromatic heterocycles. The molecule has 1 fully saturated rings. The van der Waals surface area contributed by atoms with Crippen molar-refractivity contribution in [2.45, 2.75) is 49.4 Å². The molecule has 1 aromatic carbocycles. The molecule has 1 unspecified atom stereocenters. The Kier molecular flexibility index (Phi) is 8.91. The molecule has 2 N–H and O–H groups in total. The zero-order valence-corrected chi connectivity index (χ0v) is 27.8. The number of anilines is 3. The highest BCUT2D eigenvalue weighted by Gasteiger charge is 2.21. The first-order valence-electron chi connectivity index (χ1n) is 14.7. The molecule has 45 heavy (non-hydrogen) atoms. The van der Waals surface area contributed by atoms with Gasteiger partial charge in [-0.15, -0.1) is 11.3 Å². The van der Waals surface area contributed by atoms with E-state index >= 15 is 0 Å². The molecule has 234 valence electrons. The van der Waals surface area contributed by atoms with Crippen molar-refractivity contribution in [3.05, 3.63) is 80.8 Å². The quantitative estimate of drug-likeness (QED) is 0.199. The molecule has 1 atom stereocenters. The summed E-state index contributed by atoms with van der Waals surface area (Å²) in [5.74, 6) is 4.26. The van der Waals surface area contributed by atoms with Gasteiger partial charge in [0.05, 0.1) is 27.7 Å². The third-order valence-corrected chi connectivity index (χ3v) is 11.8. The number of nitrogens with zero attached hydrogens (tertiary/aromatic N) is 6. The fraction of sp³-hybridized carbons (Fsp3) is 0.312. The summed E-state index contributed by atoms with van der Waals surface area (Å²) in [6.07, 6.45) is 7.11. The van der Waals surface area contributed by atoms with Crippen molar-refractivity contribution in [2.75, 3.05) is 30.4 Å². The molecular formula is C32H35ClN8O2S2. The van der Waals surface area contributed by atoms with E-state index in [1.54, 1.807) is 29.1 Å². The number of pyridine rings is 2. The monoisotopic (exact) mass is 662 g/mol. The van der Waals surface area contributed by atoms with Crippen LogP contribution >= 0.6 is 22.9 Å². The Labute approximate surface area is 271 Å². The summed E-state index contributed by atoms with van der Waals surface area (Å²) >= 11 is 8.11. The first-order valence-corrected chi connectivity index (χ1v) is 17.8. The summed E-state index contributed by atoms with van der Waals surface area (Å²) < 4.78 is 14.7. The van der Waals surface area contributed by atoms with Crippen LogP contribution in [0.5, 0.6) is 0 Å². The summed E-state index contributed by atoms with van der Waals surface area (Å²) in [5, 5.41) is 9.97. The largest absolute Gasteiger partial charge is 0.372 e. The normalized spacial score (nSPS) is 15.3. The highest BCUT2D eigenvalue weighted by molar-refractivity contribution is 8.00. The number of hydrogen-bond donors (Lipinski definition) is 2. The number of rotatable bonds is 9. The van der Waals surface area contributed by atoms with Crippen LogP contribution < -0.4 is 21.1 Å². The minimum Gasteiger partial charge on any atom is -0.372 e. The van der Waals surface area contributed by atoms with E-state index < -0.39 is 9.52 Å². The van der Waals surface area contributed by atoms with Gasteiger partial charge in [-0.25, -0.2) is 9.97 Å². The van der Waals surface area contributed by atoms with Crippen LogP contribution in [-0.2, 0) is 16.1 Å². The van der Waals surface area contributed by atoms with Gasteiger partial charge in [-0.1, -0.05) is 25.4 Å². The fourth-order valence-corrected chi connectivity index (χ4v) is 7.43. The topological polar surface area (TPSA) is 118 Å². The van der Waals surface area contributed by atoms with E-state index in [9.17, 15) is 9.00 Å². The highest BCUT2D eigenvalue weighted by atomic mass is 35.5. The van der Waals surface area contributed by atoms with E-state index in [0.717, 1.165) is 42.3 Å². The predicted molar refractivity (Wildman–Crippen MR) is 186 cm³/mol. The van der Waals surface area contributed by atoms with Gasteiger partial charge in [-0.3, -0.25) is 18.6 Å². The molecule has 0 amide bonds. The lowest BCUT2D eigenvalue weighted by atomic mass is 10.0. The summed E-state index contributed by atoms with van der Waals surface area (Å²) in [6, 6.07) is 12.0. The summed E-state index contributed by atoms with van der Waals surface area (Å²) in [7, 11) is -0.456.